The van der Waals surface area contributed by atoms with Crippen LogP contribution < -0.4 is 5.32 Å². The van der Waals surface area contributed by atoms with Crippen molar-refractivity contribution in [2.75, 3.05) is 6.54 Å². The van der Waals surface area contributed by atoms with Gasteiger partial charge in [0, 0.05) is 24.4 Å². The first-order valence-electron chi connectivity index (χ1n) is 6.22. The van der Waals surface area contributed by atoms with Crippen molar-refractivity contribution in [1.82, 2.24) is 10.3 Å². The van der Waals surface area contributed by atoms with Crippen molar-refractivity contribution in [3.05, 3.63) is 29.6 Å². The van der Waals surface area contributed by atoms with Gasteiger partial charge in [-0.05, 0) is 31.5 Å². The number of alkyl halides is 3. The fourth-order valence-electron chi connectivity index (χ4n) is 1.73. The SMILES string of the molecule is CCCNC(CC)Cc1cc(C(F)(F)F)ccn1. The van der Waals surface area contributed by atoms with Gasteiger partial charge in [0.1, 0.15) is 0 Å². The molecule has 0 radical (unpaired) electrons. The van der Waals surface area contributed by atoms with Gasteiger partial charge >= 0.3 is 6.18 Å². The third-order valence-corrected chi connectivity index (χ3v) is 2.78. The zero-order valence-electron chi connectivity index (χ0n) is 10.7. The molecule has 1 unspecified atom stereocenters. The first kappa shape index (κ1) is 15.0. The number of hydrogen-bond acceptors (Lipinski definition) is 2. The molecule has 0 aliphatic heterocycles. The minimum Gasteiger partial charge on any atom is -0.314 e. The van der Waals surface area contributed by atoms with Gasteiger partial charge in [0.15, 0.2) is 0 Å². The van der Waals surface area contributed by atoms with Crippen LogP contribution in [-0.2, 0) is 12.6 Å². The largest absolute Gasteiger partial charge is 0.416 e. The van der Waals surface area contributed by atoms with Crippen LogP contribution in [0.5, 0.6) is 0 Å². The average molecular weight is 260 g/mol. The number of nitrogens with zero attached hydrogens (tertiary/aromatic N) is 1. The van der Waals surface area contributed by atoms with Crippen molar-refractivity contribution in [2.24, 2.45) is 0 Å². The van der Waals surface area contributed by atoms with Gasteiger partial charge in [0.2, 0.25) is 0 Å². The van der Waals surface area contributed by atoms with Crippen molar-refractivity contribution in [1.29, 1.82) is 0 Å². The molecule has 1 atom stereocenters. The number of aromatic nitrogens is 1. The number of hydrogen-bond donors (Lipinski definition) is 1. The Bertz CT molecular complexity index is 363. The van der Waals surface area contributed by atoms with Crippen molar-refractivity contribution in [3.63, 3.8) is 0 Å². The molecule has 0 saturated heterocycles. The van der Waals surface area contributed by atoms with Gasteiger partial charge < -0.3 is 5.32 Å². The summed E-state index contributed by atoms with van der Waals surface area (Å²) >= 11 is 0. The van der Waals surface area contributed by atoms with Gasteiger partial charge in [-0.2, -0.15) is 13.2 Å². The summed E-state index contributed by atoms with van der Waals surface area (Å²) in [5.41, 5.74) is -0.141. The van der Waals surface area contributed by atoms with E-state index < -0.39 is 11.7 Å². The highest BCUT2D eigenvalue weighted by Crippen LogP contribution is 2.29. The van der Waals surface area contributed by atoms with Crippen LogP contribution in [-0.4, -0.2) is 17.6 Å². The summed E-state index contributed by atoms with van der Waals surface area (Å²) in [5.74, 6) is 0. The molecule has 1 aromatic heterocycles. The molecule has 0 amide bonds. The maximum Gasteiger partial charge on any atom is 0.416 e. The van der Waals surface area contributed by atoms with Crippen molar-refractivity contribution < 1.29 is 13.2 Å². The molecule has 2 nitrogen and oxygen atoms in total. The molecule has 0 bridgehead atoms. The summed E-state index contributed by atoms with van der Waals surface area (Å²) in [6, 6.07) is 2.32. The molecule has 5 heteroatoms. The molecule has 1 heterocycles. The molecule has 1 rings (SSSR count). The maximum atomic E-state index is 12.5. The van der Waals surface area contributed by atoms with E-state index in [2.05, 4.69) is 17.2 Å². The molecule has 1 aromatic rings. The summed E-state index contributed by atoms with van der Waals surface area (Å²) in [6.07, 6.45) is -0.661. The van der Waals surface area contributed by atoms with E-state index in [-0.39, 0.29) is 6.04 Å². The quantitative estimate of drug-likeness (QED) is 0.847. The fourth-order valence-corrected chi connectivity index (χ4v) is 1.73. The smallest absolute Gasteiger partial charge is 0.314 e. The fraction of sp³-hybridized carbons (Fsp3) is 0.615. The molecular formula is C13H19F3N2. The van der Waals surface area contributed by atoms with E-state index in [1.807, 2.05) is 6.92 Å². The lowest BCUT2D eigenvalue weighted by molar-refractivity contribution is -0.137. The lowest BCUT2D eigenvalue weighted by atomic mass is 10.1. The van der Waals surface area contributed by atoms with Gasteiger partial charge in [0.25, 0.3) is 0 Å². The Morgan fingerprint density at radius 1 is 1.33 bits per heavy atom. The van der Waals surface area contributed by atoms with Crippen LogP contribution in [0.25, 0.3) is 0 Å². The molecular weight excluding hydrogens is 241 g/mol. The first-order valence-corrected chi connectivity index (χ1v) is 6.22. The van der Waals surface area contributed by atoms with Crippen LogP contribution in [0.2, 0.25) is 0 Å². The Hall–Kier alpha value is -1.10. The van der Waals surface area contributed by atoms with E-state index >= 15 is 0 Å². The molecule has 0 aromatic carbocycles. The minimum atomic E-state index is -4.30. The van der Waals surface area contributed by atoms with Crippen LogP contribution >= 0.6 is 0 Å². The van der Waals surface area contributed by atoms with E-state index in [9.17, 15) is 13.2 Å². The van der Waals surface area contributed by atoms with E-state index in [0.29, 0.717) is 12.1 Å². The summed E-state index contributed by atoms with van der Waals surface area (Å²) < 4.78 is 37.6. The predicted octanol–water partition coefficient (Wildman–Crippen LogP) is 3.42. The van der Waals surface area contributed by atoms with Gasteiger partial charge in [-0.25, -0.2) is 0 Å². The van der Waals surface area contributed by atoms with E-state index in [1.54, 1.807) is 0 Å². The second kappa shape index (κ2) is 6.73. The number of rotatable bonds is 6. The Kier molecular flexibility index (Phi) is 5.59. The van der Waals surface area contributed by atoms with Crippen LogP contribution in [0.1, 0.15) is 37.9 Å². The number of pyridine rings is 1. The highest BCUT2D eigenvalue weighted by Gasteiger charge is 2.30. The van der Waals surface area contributed by atoms with Crippen molar-refractivity contribution in [3.8, 4) is 0 Å². The normalized spacial score (nSPS) is 13.6. The van der Waals surface area contributed by atoms with Gasteiger partial charge in [-0.3, -0.25) is 4.98 Å². The van der Waals surface area contributed by atoms with Crippen LogP contribution in [0.3, 0.4) is 0 Å². The zero-order valence-corrected chi connectivity index (χ0v) is 10.7. The molecule has 0 aliphatic rings. The van der Waals surface area contributed by atoms with Gasteiger partial charge in [0.05, 0.1) is 5.56 Å². The van der Waals surface area contributed by atoms with Crippen LogP contribution in [0, 0.1) is 0 Å². The monoisotopic (exact) mass is 260 g/mol. The molecule has 102 valence electrons. The highest BCUT2D eigenvalue weighted by atomic mass is 19.4. The van der Waals surface area contributed by atoms with Crippen molar-refractivity contribution in [2.45, 2.75) is 45.3 Å². The van der Waals surface area contributed by atoms with Gasteiger partial charge in [-0.15, -0.1) is 0 Å². The second-order valence-corrected chi connectivity index (χ2v) is 4.30. The third kappa shape index (κ3) is 4.64. The molecule has 0 aliphatic carbocycles. The maximum absolute atomic E-state index is 12.5. The average Bonchev–Trinajstić information content (AvgIpc) is 2.33. The molecule has 1 N–H and O–H groups in total. The summed E-state index contributed by atoms with van der Waals surface area (Å²) in [7, 11) is 0. The Labute approximate surface area is 106 Å². The molecule has 0 spiro atoms. The van der Waals surface area contributed by atoms with E-state index in [4.69, 9.17) is 0 Å². The number of halogens is 3. The first-order chi connectivity index (χ1) is 8.47. The Morgan fingerprint density at radius 2 is 2.06 bits per heavy atom. The molecule has 18 heavy (non-hydrogen) atoms. The third-order valence-electron chi connectivity index (χ3n) is 2.78. The second-order valence-electron chi connectivity index (χ2n) is 4.30. The van der Waals surface area contributed by atoms with Crippen LogP contribution in [0.4, 0.5) is 13.2 Å². The van der Waals surface area contributed by atoms with E-state index in [0.717, 1.165) is 31.5 Å². The highest BCUT2D eigenvalue weighted by molar-refractivity contribution is 5.20. The summed E-state index contributed by atoms with van der Waals surface area (Å²) in [4.78, 5) is 4.01. The number of nitrogens with one attached hydrogen (secondary N) is 1. The summed E-state index contributed by atoms with van der Waals surface area (Å²) in [5, 5.41) is 3.30. The van der Waals surface area contributed by atoms with Crippen LogP contribution in [0.15, 0.2) is 18.3 Å². The lowest BCUT2D eigenvalue weighted by Crippen LogP contribution is -2.31. The minimum absolute atomic E-state index is 0.181. The predicted molar refractivity (Wildman–Crippen MR) is 65.3 cm³/mol. The summed E-state index contributed by atoms with van der Waals surface area (Å²) in [6.45, 7) is 4.95. The molecule has 0 fully saturated rings. The Morgan fingerprint density at radius 3 is 2.61 bits per heavy atom. The Balaban J connectivity index is 2.71. The zero-order chi connectivity index (χ0) is 13.6. The topological polar surface area (TPSA) is 24.9 Å². The van der Waals surface area contributed by atoms with Gasteiger partial charge in [-0.1, -0.05) is 13.8 Å². The lowest BCUT2D eigenvalue weighted by Gasteiger charge is -2.16. The van der Waals surface area contributed by atoms with Crippen molar-refractivity contribution >= 4 is 0 Å². The molecule has 0 saturated carbocycles. The van der Waals surface area contributed by atoms with E-state index in [1.165, 1.54) is 6.20 Å². The standard InChI is InChI=1S/C13H19F3N2/c1-3-6-17-11(4-2)9-12-8-10(5-7-18-12)13(14,15)16/h5,7-8,11,17H,3-4,6,9H2,1-2H3.